The lowest BCUT2D eigenvalue weighted by Gasteiger charge is -2.11. The summed E-state index contributed by atoms with van der Waals surface area (Å²) >= 11 is 0. The van der Waals surface area contributed by atoms with Crippen LogP contribution >= 0.6 is 0 Å². The number of hydrogen-bond acceptors (Lipinski definition) is 6. The van der Waals surface area contributed by atoms with Gasteiger partial charge in [0.2, 0.25) is 5.95 Å². The summed E-state index contributed by atoms with van der Waals surface area (Å²) in [7, 11) is 3.08. The fraction of sp³-hybridized carbons (Fsp3) is 0.120. The molecule has 2 amide bonds. The molecular weight excluding hydrogens is 453 g/mol. The third-order valence-electron chi connectivity index (χ3n) is 5.24. The van der Waals surface area contributed by atoms with Crippen molar-refractivity contribution >= 4 is 23.5 Å². The van der Waals surface area contributed by atoms with E-state index in [2.05, 4.69) is 25.8 Å². The number of nitrogens with zero attached hydrogens (tertiary/aromatic N) is 2. The van der Waals surface area contributed by atoms with Gasteiger partial charge >= 0.3 is 0 Å². The van der Waals surface area contributed by atoms with Crippen molar-refractivity contribution in [3.05, 3.63) is 83.2 Å². The molecule has 10 heteroatoms. The normalized spacial score (nSPS) is 10.5. The van der Waals surface area contributed by atoms with Gasteiger partial charge in [-0.1, -0.05) is 18.2 Å². The number of amides is 2. The molecule has 0 aliphatic heterocycles. The van der Waals surface area contributed by atoms with E-state index in [0.717, 1.165) is 0 Å². The van der Waals surface area contributed by atoms with Gasteiger partial charge < -0.3 is 14.8 Å². The van der Waals surface area contributed by atoms with Gasteiger partial charge in [0, 0.05) is 17.3 Å². The molecule has 4 rings (SSSR count). The van der Waals surface area contributed by atoms with Crippen LogP contribution < -0.4 is 20.1 Å². The van der Waals surface area contributed by atoms with Crippen LogP contribution in [0.15, 0.2) is 60.7 Å². The van der Waals surface area contributed by atoms with Crippen molar-refractivity contribution in [1.82, 2.24) is 15.2 Å². The lowest BCUT2D eigenvalue weighted by Crippen LogP contribution is -2.17. The van der Waals surface area contributed by atoms with Crippen LogP contribution in [-0.2, 0) is 0 Å². The molecule has 0 saturated heterocycles. The second kappa shape index (κ2) is 10.0. The minimum atomic E-state index is -0.634. The highest BCUT2D eigenvalue weighted by atomic mass is 19.1. The van der Waals surface area contributed by atoms with Crippen LogP contribution in [0, 0.1) is 12.7 Å². The van der Waals surface area contributed by atoms with E-state index in [1.165, 1.54) is 31.4 Å². The van der Waals surface area contributed by atoms with E-state index >= 15 is 0 Å². The predicted octanol–water partition coefficient (Wildman–Crippen LogP) is 4.44. The summed E-state index contributed by atoms with van der Waals surface area (Å²) in [4.78, 5) is 29.6. The van der Waals surface area contributed by atoms with Crippen LogP contribution in [0.2, 0.25) is 0 Å². The molecule has 3 N–H and O–H groups in total. The predicted molar refractivity (Wildman–Crippen MR) is 128 cm³/mol. The van der Waals surface area contributed by atoms with E-state index < -0.39 is 17.6 Å². The highest BCUT2D eigenvalue weighted by Crippen LogP contribution is 2.31. The number of ether oxygens (including phenoxy) is 2. The quantitative estimate of drug-likeness (QED) is 0.364. The lowest BCUT2D eigenvalue weighted by molar-refractivity contribution is 0.101. The maximum absolute atomic E-state index is 13.9. The van der Waals surface area contributed by atoms with E-state index in [-0.39, 0.29) is 17.1 Å². The van der Waals surface area contributed by atoms with Crippen molar-refractivity contribution in [2.75, 3.05) is 24.9 Å². The van der Waals surface area contributed by atoms with Crippen molar-refractivity contribution in [2.45, 2.75) is 6.92 Å². The first-order valence-electron chi connectivity index (χ1n) is 10.5. The van der Waals surface area contributed by atoms with Crippen LogP contribution in [0.4, 0.5) is 16.0 Å². The number of carbonyl (C=O) groups excluding carboxylic acids is 2. The SMILES string of the molecule is COc1ccc(-c2nc(NC(=O)c3ccc(C)c(NC(=O)c4ccccc4F)c3)n[nH]2)c(OC)c1. The largest absolute Gasteiger partial charge is 0.497 e. The average molecular weight is 475 g/mol. The average Bonchev–Trinajstić information content (AvgIpc) is 3.33. The molecule has 1 aromatic heterocycles. The fourth-order valence-corrected chi connectivity index (χ4v) is 3.34. The van der Waals surface area contributed by atoms with Gasteiger partial charge in [-0.2, -0.15) is 4.98 Å². The Morgan fingerprint density at radius 1 is 0.943 bits per heavy atom. The van der Waals surface area contributed by atoms with Crippen molar-refractivity contribution in [3.8, 4) is 22.9 Å². The summed E-state index contributed by atoms with van der Waals surface area (Å²) in [5.41, 5.74) is 1.88. The number of aromatic nitrogens is 3. The molecule has 0 aliphatic rings. The van der Waals surface area contributed by atoms with Gasteiger partial charge in [-0.15, -0.1) is 5.10 Å². The number of H-pyrrole nitrogens is 1. The van der Waals surface area contributed by atoms with Crippen LogP contribution in [0.3, 0.4) is 0 Å². The number of hydrogen-bond donors (Lipinski definition) is 3. The summed E-state index contributed by atoms with van der Waals surface area (Å²) in [6.45, 7) is 1.77. The molecule has 9 nitrogen and oxygen atoms in total. The Bertz CT molecular complexity index is 1400. The molecule has 0 aliphatic carbocycles. The molecule has 4 aromatic rings. The van der Waals surface area contributed by atoms with Gasteiger partial charge in [0.15, 0.2) is 5.82 Å². The minimum Gasteiger partial charge on any atom is -0.497 e. The minimum absolute atomic E-state index is 0.0559. The Labute approximate surface area is 200 Å². The van der Waals surface area contributed by atoms with Gasteiger partial charge in [-0.3, -0.25) is 20.0 Å². The van der Waals surface area contributed by atoms with E-state index in [1.807, 2.05) is 0 Å². The van der Waals surface area contributed by atoms with Crippen LogP contribution in [0.25, 0.3) is 11.4 Å². The first-order valence-corrected chi connectivity index (χ1v) is 10.5. The zero-order valence-corrected chi connectivity index (χ0v) is 19.2. The van der Waals surface area contributed by atoms with Crippen LogP contribution in [-0.4, -0.2) is 41.2 Å². The zero-order valence-electron chi connectivity index (χ0n) is 19.2. The summed E-state index contributed by atoms with van der Waals surface area (Å²) in [6.07, 6.45) is 0. The summed E-state index contributed by atoms with van der Waals surface area (Å²) in [5.74, 6) is -0.148. The number of nitrogens with one attached hydrogen (secondary N) is 3. The van der Waals surface area contributed by atoms with Crippen molar-refractivity contribution < 1.29 is 23.5 Å². The number of benzene rings is 3. The Hall–Kier alpha value is -4.73. The van der Waals surface area contributed by atoms with Gasteiger partial charge in [-0.05, 0) is 48.9 Å². The number of rotatable bonds is 7. The lowest BCUT2D eigenvalue weighted by atomic mass is 10.1. The van der Waals surface area contributed by atoms with E-state index in [4.69, 9.17) is 9.47 Å². The molecule has 0 saturated carbocycles. The first-order chi connectivity index (χ1) is 16.9. The zero-order chi connectivity index (χ0) is 24.9. The van der Waals surface area contributed by atoms with Crippen LogP contribution in [0.5, 0.6) is 11.5 Å². The van der Waals surface area contributed by atoms with E-state index in [9.17, 15) is 14.0 Å². The van der Waals surface area contributed by atoms with Crippen molar-refractivity contribution in [1.29, 1.82) is 0 Å². The first kappa shape index (κ1) is 23.4. The third-order valence-corrected chi connectivity index (χ3v) is 5.24. The molecule has 1 heterocycles. The number of carbonyl (C=O) groups is 2. The maximum atomic E-state index is 13.9. The van der Waals surface area contributed by atoms with Crippen LogP contribution in [0.1, 0.15) is 26.3 Å². The number of aryl methyl sites for hydroxylation is 1. The summed E-state index contributed by atoms with van der Waals surface area (Å²) in [5, 5.41) is 12.1. The molecule has 0 unspecified atom stereocenters. The van der Waals surface area contributed by atoms with Gasteiger partial charge in [0.1, 0.15) is 17.3 Å². The number of halogens is 1. The number of anilines is 2. The third kappa shape index (κ3) is 5.11. The van der Waals surface area contributed by atoms with Gasteiger partial charge in [0.25, 0.3) is 11.8 Å². The topological polar surface area (TPSA) is 118 Å². The molecule has 0 spiro atoms. The second-order valence-electron chi connectivity index (χ2n) is 7.49. The summed E-state index contributed by atoms with van der Waals surface area (Å²) < 4.78 is 24.5. The van der Waals surface area contributed by atoms with Gasteiger partial charge in [-0.25, -0.2) is 4.39 Å². The Morgan fingerprint density at radius 2 is 1.74 bits per heavy atom. The van der Waals surface area contributed by atoms with Crippen molar-refractivity contribution in [3.63, 3.8) is 0 Å². The van der Waals surface area contributed by atoms with Crippen molar-refractivity contribution in [2.24, 2.45) is 0 Å². The standard InChI is InChI=1S/C25H22FN5O4/c1-14-8-9-15(12-20(14)27-24(33)17-6-4-5-7-19(17)26)23(32)29-25-28-22(30-31-25)18-11-10-16(34-2)13-21(18)35-3/h4-13H,1-3H3,(H,27,33)(H2,28,29,30,31,32). The Balaban J connectivity index is 1.51. The highest BCUT2D eigenvalue weighted by Gasteiger charge is 2.17. The number of methoxy groups -OCH3 is 2. The Morgan fingerprint density at radius 3 is 2.49 bits per heavy atom. The molecule has 0 radical (unpaired) electrons. The molecule has 0 fully saturated rings. The molecular formula is C25H22FN5O4. The fourth-order valence-electron chi connectivity index (χ4n) is 3.34. The maximum Gasteiger partial charge on any atom is 0.258 e. The molecule has 0 bridgehead atoms. The second-order valence-corrected chi connectivity index (χ2v) is 7.49. The highest BCUT2D eigenvalue weighted by molar-refractivity contribution is 6.07. The molecule has 178 valence electrons. The monoisotopic (exact) mass is 475 g/mol. The molecule has 3 aromatic carbocycles. The molecule has 0 atom stereocenters. The van der Waals surface area contributed by atoms with E-state index in [1.54, 1.807) is 50.4 Å². The molecule has 35 heavy (non-hydrogen) atoms. The van der Waals surface area contributed by atoms with Gasteiger partial charge in [0.05, 0.1) is 25.3 Å². The summed E-state index contributed by atoms with van der Waals surface area (Å²) in [6, 6.07) is 15.7. The number of aromatic amines is 1. The Kier molecular flexibility index (Phi) is 6.72. The van der Waals surface area contributed by atoms with E-state index in [0.29, 0.717) is 34.1 Å². The smallest absolute Gasteiger partial charge is 0.258 e.